The third-order valence-electron chi connectivity index (χ3n) is 2.76. The van der Waals surface area contributed by atoms with E-state index in [-0.39, 0.29) is 12.4 Å². The Labute approximate surface area is 121 Å². The Morgan fingerprint density at radius 2 is 2.05 bits per heavy atom. The zero-order valence-corrected chi connectivity index (χ0v) is 11.6. The van der Waals surface area contributed by atoms with Gasteiger partial charge in [-0.15, -0.1) is 0 Å². The van der Waals surface area contributed by atoms with E-state index in [4.69, 9.17) is 13.9 Å². The normalized spacial score (nSPS) is 10.0. The van der Waals surface area contributed by atoms with E-state index < -0.39 is 5.97 Å². The number of rotatable bonds is 6. The van der Waals surface area contributed by atoms with Crippen LogP contribution in [0.4, 0.5) is 0 Å². The summed E-state index contributed by atoms with van der Waals surface area (Å²) in [6.07, 6.45) is 0.619. The van der Waals surface area contributed by atoms with Crippen molar-refractivity contribution < 1.29 is 28.2 Å². The van der Waals surface area contributed by atoms with Crippen molar-refractivity contribution in [3.8, 4) is 22.8 Å². The van der Waals surface area contributed by atoms with Crippen LogP contribution in [0, 0.1) is 0 Å². The number of ether oxygens (including phenoxy) is 3. The molecule has 6 nitrogen and oxygen atoms in total. The van der Waals surface area contributed by atoms with Crippen LogP contribution in [-0.2, 0) is 9.53 Å². The van der Waals surface area contributed by atoms with Crippen molar-refractivity contribution in [1.82, 2.24) is 0 Å². The molecule has 1 aromatic carbocycles. The molecule has 110 valence electrons. The molecule has 0 aliphatic heterocycles. The lowest BCUT2D eigenvalue weighted by molar-refractivity contribution is -0.142. The first-order valence-corrected chi connectivity index (χ1v) is 6.11. The number of hydrogen-bond acceptors (Lipinski definition) is 6. The third-order valence-corrected chi connectivity index (χ3v) is 2.76. The smallest absolute Gasteiger partial charge is 0.343 e. The Hall–Kier alpha value is -2.76. The first kappa shape index (κ1) is 14.6. The minimum absolute atomic E-state index is 0.194. The quantitative estimate of drug-likeness (QED) is 0.600. The first-order chi connectivity index (χ1) is 10.2. The van der Waals surface area contributed by atoms with Crippen molar-refractivity contribution in [3.63, 3.8) is 0 Å². The second-order valence-electron chi connectivity index (χ2n) is 4.05. The molecule has 0 amide bonds. The van der Waals surface area contributed by atoms with Crippen LogP contribution in [0.2, 0.25) is 0 Å². The van der Waals surface area contributed by atoms with Gasteiger partial charge in [0, 0.05) is 0 Å². The van der Waals surface area contributed by atoms with Gasteiger partial charge in [0.2, 0.25) is 0 Å². The van der Waals surface area contributed by atoms with E-state index >= 15 is 0 Å². The van der Waals surface area contributed by atoms with Gasteiger partial charge in [-0.25, -0.2) is 4.79 Å². The fourth-order valence-electron chi connectivity index (χ4n) is 1.73. The van der Waals surface area contributed by atoms with Gasteiger partial charge in [0.25, 0.3) is 0 Å². The van der Waals surface area contributed by atoms with E-state index in [2.05, 4.69) is 4.74 Å². The molecule has 2 aromatic rings. The SMILES string of the molecule is COC(=O)COc1ccc(OC)c(-c2ccc(C=O)o2)c1. The lowest BCUT2D eigenvalue weighted by atomic mass is 10.1. The summed E-state index contributed by atoms with van der Waals surface area (Å²) in [5.41, 5.74) is 0.618. The average Bonchev–Trinajstić information content (AvgIpc) is 3.01. The molecule has 0 bridgehead atoms. The van der Waals surface area contributed by atoms with Crippen LogP contribution in [0.3, 0.4) is 0 Å². The number of benzene rings is 1. The molecule has 0 spiro atoms. The van der Waals surface area contributed by atoms with Gasteiger partial charge in [0.15, 0.2) is 18.7 Å². The molecule has 0 fully saturated rings. The highest BCUT2D eigenvalue weighted by Crippen LogP contribution is 2.34. The van der Waals surface area contributed by atoms with E-state index in [9.17, 15) is 9.59 Å². The molecule has 1 heterocycles. The molecule has 1 aromatic heterocycles. The van der Waals surface area contributed by atoms with Crippen LogP contribution >= 0.6 is 0 Å². The van der Waals surface area contributed by atoms with Crippen molar-refractivity contribution in [2.24, 2.45) is 0 Å². The van der Waals surface area contributed by atoms with Gasteiger partial charge < -0.3 is 18.6 Å². The summed E-state index contributed by atoms with van der Waals surface area (Å²) in [6.45, 7) is -0.194. The zero-order valence-electron chi connectivity index (χ0n) is 11.6. The second-order valence-corrected chi connectivity index (χ2v) is 4.05. The highest BCUT2D eigenvalue weighted by molar-refractivity contribution is 5.75. The van der Waals surface area contributed by atoms with Crippen molar-refractivity contribution in [2.45, 2.75) is 0 Å². The van der Waals surface area contributed by atoms with Crippen molar-refractivity contribution in [2.75, 3.05) is 20.8 Å². The molecule has 0 unspecified atom stereocenters. The third kappa shape index (κ3) is 3.42. The highest BCUT2D eigenvalue weighted by atomic mass is 16.6. The summed E-state index contributed by atoms with van der Waals surface area (Å²) in [7, 11) is 2.81. The van der Waals surface area contributed by atoms with Crippen LogP contribution in [0.5, 0.6) is 11.5 Å². The summed E-state index contributed by atoms with van der Waals surface area (Å²) in [4.78, 5) is 21.8. The maximum absolute atomic E-state index is 11.1. The van der Waals surface area contributed by atoms with E-state index in [1.807, 2.05) is 0 Å². The minimum Gasteiger partial charge on any atom is -0.496 e. The molecule has 0 aliphatic carbocycles. The predicted octanol–water partition coefficient (Wildman–Crippen LogP) is 2.32. The van der Waals surface area contributed by atoms with Gasteiger partial charge in [-0.05, 0) is 30.3 Å². The van der Waals surface area contributed by atoms with Gasteiger partial charge in [0.1, 0.15) is 17.3 Å². The number of furan rings is 1. The summed E-state index contributed by atoms with van der Waals surface area (Å²) < 4.78 is 20.4. The van der Waals surface area contributed by atoms with Crippen LogP contribution in [-0.4, -0.2) is 33.1 Å². The molecule has 0 atom stereocenters. The highest BCUT2D eigenvalue weighted by Gasteiger charge is 2.12. The largest absolute Gasteiger partial charge is 0.496 e. The lowest BCUT2D eigenvalue weighted by Crippen LogP contribution is -2.12. The van der Waals surface area contributed by atoms with Gasteiger partial charge in [-0.3, -0.25) is 4.79 Å². The van der Waals surface area contributed by atoms with E-state index in [1.165, 1.54) is 14.2 Å². The standard InChI is InChI=1S/C15H14O6/c1-18-13-5-3-10(20-9-15(17)19-2)7-12(13)14-6-4-11(8-16)21-14/h3-8H,9H2,1-2H3. The van der Waals surface area contributed by atoms with E-state index in [0.29, 0.717) is 29.1 Å². The Bertz CT molecular complexity index is 643. The topological polar surface area (TPSA) is 75.0 Å². The van der Waals surface area contributed by atoms with Gasteiger partial charge in [-0.2, -0.15) is 0 Å². The molecule has 0 N–H and O–H groups in total. The maximum Gasteiger partial charge on any atom is 0.343 e. The van der Waals surface area contributed by atoms with Gasteiger partial charge in [-0.1, -0.05) is 0 Å². The summed E-state index contributed by atoms with van der Waals surface area (Å²) in [5, 5.41) is 0. The Balaban J connectivity index is 2.29. The molecular formula is C15H14O6. The number of carbonyl (C=O) groups is 2. The number of esters is 1. The number of aldehydes is 1. The van der Waals surface area contributed by atoms with Crippen molar-refractivity contribution >= 4 is 12.3 Å². The monoisotopic (exact) mass is 290 g/mol. The Morgan fingerprint density at radius 3 is 2.67 bits per heavy atom. The predicted molar refractivity (Wildman–Crippen MR) is 73.6 cm³/mol. The Kier molecular flexibility index (Phi) is 4.61. The van der Waals surface area contributed by atoms with E-state index in [1.54, 1.807) is 30.3 Å². The first-order valence-electron chi connectivity index (χ1n) is 6.11. The molecule has 21 heavy (non-hydrogen) atoms. The van der Waals surface area contributed by atoms with Crippen molar-refractivity contribution in [3.05, 3.63) is 36.1 Å². The second kappa shape index (κ2) is 6.60. The lowest BCUT2D eigenvalue weighted by Gasteiger charge is -2.10. The van der Waals surface area contributed by atoms with Gasteiger partial charge >= 0.3 is 5.97 Å². The average molecular weight is 290 g/mol. The molecular weight excluding hydrogens is 276 g/mol. The molecule has 0 saturated carbocycles. The fraction of sp³-hybridized carbons (Fsp3) is 0.200. The fourth-order valence-corrected chi connectivity index (χ4v) is 1.73. The van der Waals surface area contributed by atoms with Crippen LogP contribution in [0.15, 0.2) is 34.7 Å². The number of hydrogen-bond donors (Lipinski definition) is 0. The summed E-state index contributed by atoms with van der Waals surface area (Å²) in [5.74, 6) is 1.23. The minimum atomic E-state index is -0.478. The zero-order chi connectivity index (χ0) is 15.2. The van der Waals surface area contributed by atoms with E-state index in [0.717, 1.165) is 0 Å². The molecule has 6 heteroatoms. The maximum atomic E-state index is 11.1. The van der Waals surface area contributed by atoms with Crippen molar-refractivity contribution in [1.29, 1.82) is 0 Å². The summed E-state index contributed by atoms with van der Waals surface area (Å²) in [6, 6.07) is 8.23. The van der Waals surface area contributed by atoms with Gasteiger partial charge in [0.05, 0.1) is 19.8 Å². The van der Waals surface area contributed by atoms with Crippen LogP contribution < -0.4 is 9.47 Å². The Morgan fingerprint density at radius 1 is 1.24 bits per heavy atom. The molecule has 0 radical (unpaired) electrons. The number of carbonyl (C=O) groups excluding carboxylic acids is 2. The molecule has 2 rings (SSSR count). The van der Waals surface area contributed by atoms with Crippen LogP contribution in [0.1, 0.15) is 10.6 Å². The number of methoxy groups -OCH3 is 2. The van der Waals surface area contributed by atoms with Crippen LogP contribution in [0.25, 0.3) is 11.3 Å². The molecule has 0 aliphatic rings. The summed E-state index contributed by atoms with van der Waals surface area (Å²) >= 11 is 0. The molecule has 0 saturated heterocycles.